The number of rotatable bonds is 1. The summed E-state index contributed by atoms with van der Waals surface area (Å²) < 4.78 is -1.39. The molecule has 0 atom stereocenters. The van der Waals surface area contributed by atoms with E-state index in [1.807, 2.05) is 0 Å². The number of hydrogen-bond donors (Lipinski definition) is 0. The van der Waals surface area contributed by atoms with Crippen molar-refractivity contribution < 1.29 is 9.59 Å². The molecule has 2 rings (SSSR count). The molecule has 2 aliphatic rings. The molecule has 1 aliphatic heterocycles. The molecule has 0 spiro atoms. The fraction of sp³-hybridized carbons (Fsp3) is 0.778. The van der Waals surface area contributed by atoms with Gasteiger partial charge in [0.05, 0.1) is 0 Å². The number of hydrogen-bond acceptors (Lipinski definition) is 3. The molecule has 0 bridgehead atoms. The zero-order valence-electron chi connectivity index (χ0n) is 8.04. The fourth-order valence-electron chi connectivity index (χ4n) is 2.14. The molecule has 1 saturated heterocycles. The number of thioether (sulfide) groups is 1. The number of nitrogens with zero attached hydrogens (tertiary/aromatic N) is 1. The number of alkyl halides is 2. The number of carbonyl (C=O) groups excluding carboxylic acids is 2. The lowest BCUT2D eigenvalue weighted by molar-refractivity contribution is -0.141. The molecule has 0 unspecified atom stereocenters. The van der Waals surface area contributed by atoms with Crippen LogP contribution >= 0.6 is 35.0 Å². The lowest BCUT2D eigenvalue weighted by Crippen LogP contribution is -2.45. The second kappa shape index (κ2) is 4.15. The van der Waals surface area contributed by atoms with E-state index in [2.05, 4.69) is 0 Å². The summed E-state index contributed by atoms with van der Waals surface area (Å²) >= 11 is 12.6. The number of halogens is 2. The molecule has 1 saturated carbocycles. The Labute approximate surface area is 102 Å². The van der Waals surface area contributed by atoms with Crippen LogP contribution in [0, 0.1) is 0 Å². The van der Waals surface area contributed by atoms with Crippen molar-refractivity contribution in [1.82, 2.24) is 4.90 Å². The SMILES string of the molecule is O=C1SC(Cl)(Cl)N(C2CCCCC2)C1=O. The molecule has 3 nitrogen and oxygen atoms in total. The van der Waals surface area contributed by atoms with Gasteiger partial charge in [-0.3, -0.25) is 14.5 Å². The molecule has 15 heavy (non-hydrogen) atoms. The van der Waals surface area contributed by atoms with Crippen LogP contribution in [0.15, 0.2) is 0 Å². The molecular weight excluding hydrogens is 257 g/mol. The first-order chi connectivity index (χ1) is 7.02. The molecule has 0 aromatic rings. The predicted molar refractivity (Wildman–Crippen MR) is 60.8 cm³/mol. The van der Waals surface area contributed by atoms with Gasteiger partial charge in [0.15, 0.2) is 0 Å². The number of amides is 1. The van der Waals surface area contributed by atoms with Gasteiger partial charge in [0.25, 0.3) is 5.12 Å². The Hall–Kier alpha value is 0.0700. The van der Waals surface area contributed by atoms with E-state index in [0.29, 0.717) is 11.8 Å². The highest BCUT2D eigenvalue weighted by molar-refractivity contribution is 8.19. The Morgan fingerprint density at radius 2 is 1.80 bits per heavy atom. The lowest BCUT2D eigenvalue weighted by Gasteiger charge is -2.35. The quantitative estimate of drug-likeness (QED) is 0.416. The third-order valence-corrected chi connectivity index (χ3v) is 4.46. The lowest BCUT2D eigenvalue weighted by atomic mass is 9.94. The van der Waals surface area contributed by atoms with Crippen LogP contribution in [0.5, 0.6) is 0 Å². The minimum atomic E-state index is -1.39. The molecule has 0 N–H and O–H groups in total. The summed E-state index contributed by atoms with van der Waals surface area (Å²) in [6, 6.07) is 0.0280. The predicted octanol–water partition coefficient (Wildman–Crippen LogP) is 2.51. The summed E-state index contributed by atoms with van der Waals surface area (Å²) in [4.78, 5) is 24.2. The van der Waals surface area contributed by atoms with Crippen LogP contribution in [0.25, 0.3) is 0 Å². The molecule has 1 amide bonds. The Bertz CT molecular complexity index is 302. The maximum atomic E-state index is 11.6. The van der Waals surface area contributed by atoms with Gasteiger partial charge >= 0.3 is 5.91 Å². The van der Waals surface area contributed by atoms with E-state index in [-0.39, 0.29) is 6.04 Å². The van der Waals surface area contributed by atoms with Gasteiger partial charge in [-0.05, 0) is 24.6 Å². The van der Waals surface area contributed by atoms with Gasteiger partial charge < -0.3 is 0 Å². The van der Waals surface area contributed by atoms with Gasteiger partial charge in [0.2, 0.25) is 3.79 Å². The molecular formula is C9H11Cl2NO2S. The maximum Gasteiger partial charge on any atom is 0.304 e. The third-order valence-electron chi connectivity index (χ3n) is 2.83. The third kappa shape index (κ3) is 2.12. The van der Waals surface area contributed by atoms with Crippen molar-refractivity contribution in [1.29, 1.82) is 0 Å². The minimum absolute atomic E-state index is 0.0280. The highest BCUT2D eigenvalue weighted by Crippen LogP contribution is 2.47. The van der Waals surface area contributed by atoms with Crippen LogP contribution in [-0.2, 0) is 9.59 Å². The van der Waals surface area contributed by atoms with Crippen molar-refractivity contribution >= 4 is 46.0 Å². The van der Waals surface area contributed by atoms with Gasteiger partial charge in [-0.15, -0.1) is 0 Å². The molecule has 84 valence electrons. The first-order valence-corrected chi connectivity index (χ1v) is 6.54. The zero-order valence-corrected chi connectivity index (χ0v) is 10.4. The van der Waals surface area contributed by atoms with Crippen LogP contribution in [0.3, 0.4) is 0 Å². The van der Waals surface area contributed by atoms with Gasteiger partial charge in [-0.1, -0.05) is 42.5 Å². The smallest absolute Gasteiger partial charge is 0.291 e. The Kier molecular flexibility index (Phi) is 3.20. The summed E-state index contributed by atoms with van der Waals surface area (Å²) in [7, 11) is 0. The first-order valence-electron chi connectivity index (χ1n) is 4.97. The van der Waals surface area contributed by atoms with E-state index in [1.165, 1.54) is 11.3 Å². The summed E-state index contributed by atoms with van der Waals surface area (Å²) in [6.45, 7) is 0. The largest absolute Gasteiger partial charge is 0.304 e. The highest BCUT2D eigenvalue weighted by Gasteiger charge is 2.52. The van der Waals surface area contributed by atoms with Gasteiger partial charge in [-0.25, -0.2) is 0 Å². The van der Waals surface area contributed by atoms with E-state index in [0.717, 1.165) is 25.7 Å². The minimum Gasteiger partial charge on any atom is -0.291 e. The van der Waals surface area contributed by atoms with Crippen LogP contribution in [0.4, 0.5) is 0 Å². The van der Waals surface area contributed by atoms with Crippen molar-refractivity contribution in [2.45, 2.75) is 41.9 Å². The maximum absolute atomic E-state index is 11.6. The van der Waals surface area contributed by atoms with Crippen molar-refractivity contribution in [2.75, 3.05) is 0 Å². The molecule has 0 aromatic carbocycles. The first kappa shape index (κ1) is 11.6. The van der Waals surface area contributed by atoms with E-state index >= 15 is 0 Å². The average Bonchev–Trinajstić information content (AvgIpc) is 2.37. The topological polar surface area (TPSA) is 37.4 Å². The van der Waals surface area contributed by atoms with Crippen molar-refractivity contribution in [3.8, 4) is 0 Å². The van der Waals surface area contributed by atoms with Crippen molar-refractivity contribution in [2.24, 2.45) is 0 Å². The summed E-state index contributed by atoms with van der Waals surface area (Å²) in [6.07, 6.45) is 5.09. The van der Waals surface area contributed by atoms with Crippen LogP contribution in [-0.4, -0.2) is 25.8 Å². The molecule has 6 heteroatoms. The van der Waals surface area contributed by atoms with Crippen LogP contribution in [0.2, 0.25) is 0 Å². The van der Waals surface area contributed by atoms with Crippen molar-refractivity contribution in [3.05, 3.63) is 0 Å². The fourth-order valence-corrected chi connectivity index (χ4v) is 3.73. The normalized spacial score (nSPS) is 27.5. The average molecular weight is 268 g/mol. The monoisotopic (exact) mass is 267 g/mol. The van der Waals surface area contributed by atoms with Crippen molar-refractivity contribution in [3.63, 3.8) is 0 Å². The zero-order chi connectivity index (χ0) is 11.1. The highest BCUT2D eigenvalue weighted by atomic mass is 35.5. The molecule has 1 heterocycles. The summed E-state index contributed by atoms with van der Waals surface area (Å²) in [5, 5.41) is -0.550. The van der Waals surface area contributed by atoms with E-state index < -0.39 is 14.8 Å². The molecule has 2 fully saturated rings. The number of carbonyl (C=O) groups is 2. The van der Waals surface area contributed by atoms with Gasteiger partial charge in [0, 0.05) is 6.04 Å². The second-order valence-electron chi connectivity index (χ2n) is 3.84. The standard InChI is InChI=1S/C9H11Cl2NO2S/c10-9(11)12(7(13)8(14)15-9)6-4-2-1-3-5-6/h6H,1-5H2. The van der Waals surface area contributed by atoms with E-state index in [1.54, 1.807) is 0 Å². The van der Waals surface area contributed by atoms with Gasteiger partial charge in [0.1, 0.15) is 0 Å². The van der Waals surface area contributed by atoms with Gasteiger partial charge in [-0.2, -0.15) is 0 Å². The molecule has 0 radical (unpaired) electrons. The summed E-state index contributed by atoms with van der Waals surface area (Å²) in [5.41, 5.74) is 0. The summed E-state index contributed by atoms with van der Waals surface area (Å²) in [5.74, 6) is -0.545. The Morgan fingerprint density at radius 3 is 2.27 bits per heavy atom. The second-order valence-corrected chi connectivity index (χ2v) is 6.74. The Balaban J connectivity index is 2.18. The molecule has 1 aliphatic carbocycles. The van der Waals surface area contributed by atoms with Crippen LogP contribution in [0.1, 0.15) is 32.1 Å². The van der Waals surface area contributed by atoms with E-state index in [4.69, 9.17) is 23.2 Å². The van der Waals surface area contributed by atoms with Crippen LogP contribution < -0.4 is 0 Å². The van der Waals surface area contributed by atoms with E-state index in [9.17, 15) is 9.59 Å². The Morgan fingerprint density at radius 1 is 1.20 bits per heavy atom. The molecule has 0 aromatic heterocycles.